The maximum atomic E-state index is 9.49. The fourth-order valence-corrected chi connectivity index (χ4v) is 3.54. The Labute approximate surface area is 104 Å². The summed E-state index contributed by atoms with van der Waals surface area (Å²) in [5.74, 6) is 1.75. The van der Waals surface area contributed by atoms with Crippen LogP contribution in [0.15, 0.2) is 24.3 Å². The van der Waals surface area contributed by atoms with Crippen LogP contribution in [0.25, 0.3) is 0 Å². The van der Waals surface area contributed by atoms with Crippen molar-refractivity contribution in [2.24, 2.45) is 17.6 Å². The molecular formula is C15H23NO. The molecule has 2 nitrogen and oxygen atoms in total. The summed E-state index contributed by atoms with van der Waals surface area (Å²) >= 11 is 0. The summed E-state index contributed by atoms with van der Waals surface area (Å²) in [6.45, 7) is 4.58. The molecule has 2 heteroatoms. The Balaban J connectivity index is 2.11. The van der Waals surface area contributed by atoms with Crippen molar-refractivity contribution in [3.05, 3.63) is 29.8 Å². The van der Waals surface area contributed by atoms with Gasteiger partial charge in [-0.25, -0.2) is 0 Å². The number of phenols is 1. The van der Waals surface area contributed by atoms with Gasteiger partial charge < -0.3 is 10.8 Å². The van der Waals surface area contributed by atoms with E-state index in [2.05, 4.69) is 19.9 Å². The molecule has 2 rings (SSSR count). The van der Waals surface area contributed by atoms with E-state index in [1.54, 1.807) is 6.07 Å². The van der Waals surface area contributed by atoms with Crippen LogP contribution in [0, 0.1) is 11.8 Å². The number of benzene rings is 1. The zero-order chi connectivity index (χ0) is 12.5. The smallest absolute Gasteiger partial charge is 0.115 e. The van der Waals surface area contributed by atoms with Gasteiger partial charge in [0.15, 0.2) is 0 Å². The Hall–Kier alpha value is -1.02. The quantitative estimate of drug-likeness (QED) is 0.824. The van der Waals surface area contributed by atoms with Gasteiger partial charge in [-0.05, 0) is 55.2 Å². The van der Waals surface area contributed by atoms with E-state index in [1.165, 1.54) is 6.42 Å². The first kappa shape index (κ1) is 12.4. The third kappa shape index (κ3) is 3.22. The number of hydrogen-bond acceptors (Lipinski definition) is 2. The van der Waals surface area contributed by atoms with Gasteiger partial charge in [0.05, 0.1) is 0 Å². The Morgan fingerprint density at radius 3 is 2.53 bits per heavy atom. The van der Waals surface area contributed by atoms with Crippen LogP contribution in [0.5, 0.6) is 5.75 Å². The van der Waals surface area contributed by atoms with Crippen LogP contribution in [-0.4, -0.2) is 10.6 Å². The lowest BCUT2D eigenvalue weighted by molar-refractivity contribution is 0.182. The first-order valence-electron chi connectivity index (χ1n) is 6.54. The number of phenolic OH excluding ortho intramolecular Hbond substituents is 1. The van der Waals surface area contributed by atoms with E-state index in [-0.39, 0.29) is 5.54 Å². The van der Waals surface area contributed by atoms with Crippen LogP contribution in [0.4, 0.5) is 0 Å². The molecule has 17 heavy (non-hydrogen) atoms. The van der Waals surface area contributed by atoms with Crippen molar-refractivity contribution in [1.82, 2.24) is 0 Å². The molecule has 0 aromatic heterocycles. The molecule has 94 valence electrons. The molecule has 0 amide bonds. The number of rotatable bonds is 2. The molecule has 0 heterocycles. The highest BCUT2D eigenvalue weighted by atomic mass is 16.3. The maximum absolute atomic E-state index is 9.49. The molecule has 1 fully saturated rings. The lowest BCUT2D eigenvalue weighted by atomic mass is 9.70. The summed E-state index contributed by atoms with van der Waals surface area (Å²) in [5, 5.41) is 9.49. The largest absolute Gasteiger partial charge is 0.508 e. The zero-order valence-corrected chi connectivity index (χ0v) is 10.8. The van der Waals surface area contributed by atoms with E-state index in [0.717, 1.165) is 24.8 Å². The molecule has 0 spiro atoms. The van der Waals surface area contributed by atoms with E-state index >= 15 is 0 Å². The van der Waals surface area contributed by atoms with Gasteiger partial charge in [-0.2, -0.15) is 0 Å². The Morgan fingerprint density at radius 1 is 1.29 bits per heavy atom. The molecule has 0 radical (unpaired) electrons. The van der Waals surface area contributed by atoms with Crippen molar-refractivity contribution < 1.29 is 5.11 Å². The highest BCUT2D eigenvalue weighted by Gasteiger charge is 2.34. The van der Waals surface area contributed by atoms with Crippen LogP contribution < -0.4 is 5.73 Å². The second-order valence-corrected chi connectivity index (χ2v) is 6.06. The molecule has 1 aromatic rings. The molecule has 0 bridgehead atoms. The van der Waals surface area contributed by atoms with Gasteiger partial charge in [-0.3, -0.25) is 0 Å². The van der Waals surface area contributed by atoms with Crippen LogP contribution in [-0.2, 0) is 6.42 Å². The average molecular weight is 233 g/mol. The molecule has 1 aromatic carbocycles. The highest BCUT2D eigenvalue weighted by Crippen LogP contribution is 2.36. The van der Waals surface area contributed by atoms with Gasteiger partial charge in [-0.1, -0.05) is 26.0 Å². The summed E-state index contributed by atoms with van der Waals surface area (Å²) in [6.07, 6.45) is 4.34. The van der Waals surface area contributed by atoms with E-state index in [4.69, 9.17) is 5.73 Å². The molecule has 1 saturated carbocycles. The number of nitrogens with two attached hydrogens (primary N) is 1. The topological polar surface area (TPSA) is 46.2 Å². The first-order valence-corrected chi connectivity index (χ1v) is 6.54. The van der Waals surface area contributed by atoms with Gasteiger partial charge in [0.1, 0.15) is 5.75 Å². The van der Waals surface area contributed by atoms with Crippen molar-refractivity contribution in [2.45, 2.75) is 45.1 Å². The fraction of sp³-hybridized carbons (Fsp3) is 0.600. The minimum Gasteiger partial charge on any atom is -0.508 e. The third-order valence-electron chi connectivity index (χ3n) is 3.78. The molecule has 0 saturated heterocycles. The molecule has 2 atom stereocenters. The fourth-order valence-electron chi connectivity index (χ4n) is 3.54. The summed E-state index contributed by atoms with van der Waals surface area (Å²) < 4.78 is 0. The van der Waals surface area contributed by atoms with E-state index in [1.807, 2.05) is 12.1 Å². The second kappa shape index (κ2) is 4.69. The SMILES string of the molecule is CC1CC(C)CC(N)(Cc2cccc(O)c2)C1. The van der Waals surface area contributed by atoms with Gasteiger partial charge in [-0.15, -0.1) is 0 Å². The van der Waals surface area contributed by atoms with Crippen molar-refractivity contribution in [2.75, 3.05) is 0 Å². The molecule has 3 N–H and O–H groups in total. The number of aromatic hydroxyl groups is 1. The average Bonchev–Trinajstić information content (AvgIpc) is 2.13. The Morgan fingerprint density at radius 2 is 1.94 bits per heavy atom. The predicted octanol–water partition coefficient (Wildman–Crippen LogP) is 3.09. The maximum Gasteiger partial charge on any atom is 0.115 e. The predicted molar refractivity (Wildman–Crippen MR) is 70.9 cm³/mol. The molecule has 1 aliphatic rings. The van der Waals surface area contributed by atoms with Crippen molar-refractivity contribution >= 4 is 0 Å². The van der Waals surface area contributed by atoms with Crippen LogP contribution >= 0.6 is 0 Å². The Bertz CT molecular complexity index is 378. The Kier molecular flexibility index (Phi) is 3.43. The second-order valence-electron chi connectivity index (χ2n) is 6.06. The summed E-state index contributed by atoms with van der Waals surface area (Å²) in [7, 11) is 0. The minimum atomic E-state index is -0.0924. The minimum absolute atomic E-state index is 0.0924. The van der Waals surface area contributed by atoms with Crippen LogP contribution in [0.3, 0.4) is 0 Å². The van der Waals surface area contributed by atoms with E-state index in [9.17, 15) is 5.11 Å². The first-order chi connectivity index (χ1) is 7.97. The highest BCUT2D eigenvalue weighted by molar-refractivity contribution is 5.28. The zero-order valence-electron chi connectivity index (χ0n) is 10.8. The summed E-state index contributed by atoms with van der Waals surface area (Å²) in [6, 6.07) is 7.49. The lowest BCUT2D eigenvalue weighted by Crippen LogP contribution is -2.48. The number of hydrogen-bond donors (Lipinski definition) is 2. The molecule has 1 aliphatic carbocycles. The van der Waals surface area contributed by atoms with Crippen LogP contribution in [0.1, 0.15) is 38.7 Å². The lowest BCUT2D eigenvalue weighted by Gasteiger charge is -2.40. The van der Waals surface area contributed by atoms with Gasteiger partial charge in [0, 0.05) is 5.54 Å². The van der Waals surface area contributed by atoms with Crippen molar-refractivity contribution in [1.29, 1.82) is 0 Å². The van der Waals surface area contributed by atoms with Gasteiger partial charge >= 0.3 is 0 Å². The standard InChI is InChI=1S/C15H23NO/c1-11-6-12(2)9-15(16,8-11)10-13-4-3-5-14(17)7-13/h3-5,7,11-12,17H,6,8-10,16H2,1-2H3. The van der Waals surface area contributed by atoms with Gasteiger partial charge in [0.25, 0.3) is 0 Å². The normalized spacial score (nSPS) is 33.6. The molecular weight excluding hydrogens is 210 g/mol. The summed E-state index contributed by atoms with van der Waals surface area (Å²) in [5.41, 5.74) is 7.60. The van der Waals surface area contributed by atoms with Crippen LogP contribution in [0.2, 0.25) is 0 Å². The van der Waals surface area contributed by atoms with Crippen molar-refractivity contribution in [3.8, 4) is 5.75 Å². The summed E-state index contributed by atoms with van der Waals surface area (Å²) in [4.78, 5) is 0. The van der Waals surface area contributed by atoms with E-state index in [0.29, 0.717) is 17.6 Å². The van der Waals surface area contributed by atoms with E-state index < -0.39 is 0 Å². The molecule has 2 unspecified atom stereocenters. The monoisotopic (exact) mass is 233 g/mol. The van der Waals surface area contributed by atoms with Crippen molar-refractivity contribution in [3.63, 3.8) is 0 Å². The molecule has 0 aliphatic heterocycles. The van der Waals surface area contributed by atoms with Gasteiger partial charge in [0.2, 0.25) is 0 Å². The third-order valence-corrected chi connectivity index (χ3v) is 3.78.